The molecule has 0 saturated carbocycles. The fraction of sp³-hybridized carbons (Fsp3) is 0.350. The number of nitriles is 2. The molecule has 1 rings (SSSR count). The van der Waals surface area contributed by atoms with Crippen LogP contribution in [0.2, 0.25) is 0 Å². The van der Waals surface area contributed by atoms with E-state index in [1.54, 1.807) is 30.3 Å². The lowest BCUT2D eigenvalue weighted by molar-refractivity contribution is -0.145. The van der Waals surface area contributed by atoms with Gasteiger partial charge in [-0.05, 0) is 23.9 Å². The van der Waals surface area contributed by atoms with Gasteiger partial charge in [0.2, 0.25) is 0 Å². The van der Waals surface area contributed by atoms with Crippen LogP contribution in [0.5, 0.6) is 0 Å². The highest BCUT2D eigenvalue weighted by molar-refractivity contribution is 5.71. The summed E-state index contributed by atoms with van der Waals surface area (Å²) in [6.45, 7) is 1.96. The number of carbonyl (C=O) groups excluding carboxylic acids is 1. The van der Waals surface area contributed by atoms with Gasteiger partial charge in [0.15, 0.2) is 0 Å². The number of carbonyl (C=O) groups is 1. The molecule has 0 heterocycles. The SMILES string of the molecule is CN(/C=C/C=C(C#N)C#N)CC(=O)OCCOCCOCc1ccccc1. The monoisotopic (exact) mass is 369 g/mol. The summed E-state index contributed by atoms with van der Waals surface area (Å²) >= 11 is 0. The minimum atomic E-state index is -0.393. The molecule has 0 radical (unpaired) electrons. The van der Waals surface area contributed by atoms with E-state index in [2.05, 4.69) is 0 Å². The van der Waals surface area contributed by atoms with E-state index in [9.17, 15) is 4.79 Å². The zero-order valence-electron chi connectivity index (χ0n) is 15.3. The predicted octanol–water partition coefficient (Wildman–Crippen LogP) is 2.18. The van der Waals surface area contributed by atoms with Gasteiger partial charge in [0.1, 0.15) is 30.9 Å². The van der Waals surface area contributed by atoms with E-state index in [0.29, 0.717) is 26.4 Å². The smallest absolute Gasteiger partial charge is 0.325 e. The van der Waals surface area contributed by atoms with Crippen LogP contribution in [0.25, 0.3) is 0 Å². The molecule has 0 fully saturated rings. The molecule has 0 aliphatic carbocycles. The van der Waals surface area contributed by atoms with E-state index < -0.39 is 5.97 Å². The molecule has 0 atom stereocenters. The van der Waals surface area contributed by atoms with Gasteiger partial charge >= 0.3 is 5.97 Å². The van der Waals surface area contributed by atoms with Gasteiger partial charge in [0, 0.05) is 7.05 Å². The van der Waals surface area contributed by atoms with E-state index in [0.717, 1.165) is 5.56 Å². The molecular weight excluding hydrogens is 346 g/mol. The second-order valence-electron chi connectivity index (χ2n) is 5.43. The van der Waals surface area contributed by atoms with E-state index in [-0.39, 0.29) is 18.7 Å². The molecule has 0 N–H and O–H groups in total. The van der Waals surface area contributed by atoms with Crippen molar-refractivity contribution in [2.24, 2.45) is 0 Å². The minimum absolute atomic E-state index is 0.00729. The zero-order valence-corrected chi connectivity index (χ0v) is 15.3. The quantitative estimate of drug-likeness (QED) is 0.241. The van der Waals surface area contributed by atoms with Crippen LogP contribution in [0.1, 0.15) is 5.56 Å². The standard InChI is InChI=1S/C20H23N3O4/c1-23(9-5-8-19(14-21)15-22)16-20(24)27-13-12-25-10-11-26-17-18-6-3-2-4-7-18/h2-9H,10-13,16-17H2,1H3/b9-5+. The minimum Gasteiger partial charge on any atom is -0.462 e. The van der Waals surface area contributed by atoms with Crippen molar-refractivity contribution in [3.8, 4) is 12.1 Å². The van der Waals surface area contributed by atoms with Crippen molar-refractivity contribution >= 4 is 5.97 Å². The van der Waals surface area contributed by atoms with E-state index in [1.807, 2.05) is 30.3 Å². The van der Waals surface area contributed by atoms with Crippen LogP contribution in [0, 0.1) is 22.7 Å². The fourth-order valence-corrected chi connectivity index (χ4v) is 1.89. The Morgan fingerprint density at radius 2 is 1.74 bits per heavy atom. The predicted molar refractivity (Wildman–Crippen MR) is 99.0 cm³/mol. The van der Waals surface area contributed by atoms with Crippen molar-refractivity contribution in [1.29, 1.82) is 10.5 Å². The molecule has 0 spiro atoms. The second kappa shape index (κ2) is 14.1. The summed E-state index contributed by atoms with van der Waals surface area (Å²) in [6.07, 6.45) is 4.47. The number of nitrogens with zero attached hydrogens (tertiary/aromatic N) is 3. The maximum Gasteiger partial charge on any atom is 0.325 e. The van der Waals surface area contributed by atoms with Gasteiger partial charge in [0.05, 0.1) is 26.4 Å². The number of likely N-dealkylation sites (N-methyl/N-ethyl adjacent to an activating group) is 1. The number of benzene rings is 1. The van der Waals surface area contributed by atoms with Crippen LogP contribution >= 0.6 is 0 Å². The Bertz CT molecular complexity index is 686. The second-order valence-corrected chi connectivity index (χ2v) is 5.43. The Hall–Kier alpha value is -3.13. The molecular formula is C20H23N3O4. The first kappa shape index (κ1) is 21.9. The highest BCUT2D eigenvalue weighted by Crippen LogP contribution is 2.00. The number of rotatable bonds is 12. The van der Waals surface area contributed by atoms with Crippen LogP contribution in [-0.4, -0.2) is 50.9 Å². The molecule has 0 amide bonds. The Morgan fingerprint density at radius 3 is 2.44 bits per heavy atom. The lowest BCUT2D eigenvalue weighted by Crippen LogP contribution is -2.24. The van der Waals surface area contributed by atoms with Gasteiger partial charge in [-0.2, -0.15) is 10.5 Å². The van der Waals surface area contributed by atoms with Crippen molar-refractivity contribution in [3.05, 3.63) is 59.8 Å². The maximum absolute atomic E-state index is 11.7. The van der Waals surface area contributed by atoms with Gasteiger partial charge < -0.3 is 19.1 Å². The van der Waals surface area contributed by atoms with Gasteiger partial charge in [-0.15, -0.1) is 0 Å². The van der Waals surface area contributed by atoms with Crippen molar-refractivity contribution < 1.29 is 19.0 Å². The number of allylic oxidation sites excluding steroid dienone is 3. The molecule has 142 valence electrons. The maximum atomic E-state index is 11.7. The lowest BCUT2D eigenvalue weighted by Gasteiger charge is -2.12. The molecule has 1 aromatic carbocycles. The van der Waals surface area contributed by atoms with Gasteiger partial charge in [-0.25, -0.2) is 0 Å². The van der Waals surface area contributed by atoms with E-state index >= 15 is 0 Å². The van der Waals surface area contributed by atoms with Crippen LogP contribution in [0.3, 0.4) is 0 Å². The molecule has 7 nitrogen and oxygen atoms in total. The average Bonchev–Trinajstić information content (AvgIpc) is 2.68. The molecule has 0 unspecified atom stereocenters. The first-order valence-corrected chi connectivity index (χ1v) is 8.39. The Balaban J connectivity index is 2.03. The van der Waals surface area contributed by atoms with Crippen molar-refractivity contribution in [2.45, 2.75) is 6.61 Å². The summed E-state index contributed by atoms with van der Waals surface area (Å²) in [4.78, 5) is 13.2. The number of hydrogen-bond donors (Lipinski definition) is 0. The third-order valence-corrected chi connectivity index (χ3v) is 3.20. The third-order valence-electron chi connectivity index (χ3n) is 3.20. The first-order valence-electron chi connectivity index (χ1n) is 8.39. The zero-order chi connectivity index (χ0) is 19.7. The molecule has 0 aromatic heterocycles. The van der Waals surface area contributed by atoms with Gasteiger partial charge in [-0.1, -0.05) is 30.3 Å². The lowest BCUT2D eigenvalue weighted by atomic mass is 10.2. The molecule has 0 saturated heterocycles. The van der Waals surface area contributed by atoms with Crippen molar-refractivity contribution in [2.75, 3.05) is 40.0 Å². The Kier molecular flexibility index (Phi) is 11.4. The Labute approximate surface area is 159 Å². The molecule has 0 bridgehead atoms. The average molecular weight is 369 g/mol. The van der Waals surface area contributed by atoms with Crippen molar-refractivity contribution in [3.63, 3.8) is 0 Å². The number of hydrogen-bond acceptors (Lipinski definition) is 7. The highest BCUT2D eigenvalue weighted by Gasteiger charge is 2.04. The largest absolute Gasteiger partial charge is 0.462 e. The normalized spacial score (nSPS) is 10.0. The van der Waals surface area contributed by atoms with E-state index in [4.69, 9.17) is 24.7 Å². The molecule has 0 aliphatic rings. The van der Waals surface area contributed by atoms with Crippen LogP contribution in [0.4, 0.5) is 0 Å². The Morgan fingerprint density at radius 1 is 1.07 bits per heavy atom. The van der Waals surface area contributed by atoms with Gasteiger partial charge in [-0.3, -0.25) is 4.79 Å². The topological polar surface area (TPSA) is 95.6 Å². The summed E-state index contributed by atoms with van der Waals surface area (Å²) in [5.74, 6) is -0.393. The van der Waals surface area contributed by atoms with Crippen molar-refractivity contribution in [1.82, 2.24) is 4.90 Å². The summed E-state index contributed by atoms with van der Waals surface area (Å²) < 4.78 is 15.9. The third kappa shape index (κ3) is 11.2. The van der Waals surface area contributed by atoms with E-state index in [1.165, 1.54) is 12.2 Å². The molecule has 0 aliphatic heterocycles. The number of ether oxygens (including phenoxy) is 3. The number of esters is 1. The summed E-state index contributed by atoms with van der Waals surface area (Å²) in [7, 11) is 1.69. The first-order chi connectivity index (χ1) is 13.2. The van der Waals surface area contributed by atoms with Crippen LogP contribution in [-0.2, 0) is 25.6 Å². The fourth-order valence-electron chi connectivity index (χ4n) is 1.89. The summed E-state index contributed by atoms with van der Waals surface area (Å²) in [5.41, 5.74) is 1.10. The molecule has 27 heavy (non-hydrogen) atoms. The summed E-state index contributed by atoms with van der Waals surface area (Å²) in [6, 6.07) is 13.4. The van der Waals surface area contributed by atoms with Crippen LogP contribution < -0.4 is 0 Å². The molecule has 7 heteroatoms. The summed E-state index contributed by atoms with van der Waals surface area (Å²) in [5, 5.41) is 17.2. The van der Waals surface area contributed by atoms with Gasteiger partial charge in [0.25, 0.3) is 0 Å². The van der Waals surface area contributed by atoms with Crippen LogP contribution in [0.15, 0.2) is 54.3 Å². The highest BCUT2D eigenvalue weighted by atomic mass is 16.6. The molecule has 1 aromatic rings.